The molecule has 2 aromatic rings. The Labute approximate surface area is 160 Å². The van der Waals surface area contributed by atoms with Crippen LogP contribution >= 0.6 is 0 Å². The highest BCUT2D eigenvalue weighted by molar-refractivity contribution is 7.84. The number of carbonyl (C=O) groups is 1. The number of aryl methyl sites for hydroxylation is 1. The third-order valence-corrected chi connectivity index (χ3v) is 6.61. The molecule has 0 bridgehead atoms. The van der Waals surface area contributed by atoms with Gasteiger partial charge in [-0.05, 0) is 30.7 Å². The summed E-state index contributed by atoms with van der Waals surface area (Å²) in [6.45, 7) is 4.32. The van der Waals surface area contributed by atoms with E-state index in [2.05, 4.69) is 0 Å². The summed E-state index contributed by atoms with van der Waals surface area (Å²) >= 11 is 0. The number of furan rings is 1. The molecule has 1 atom stereocenters. The van der Waals surface area contributed by atoms with Gasteiger partial charge in [0.25, 0.3) is 5.91 Å². The summed E-state index contributed by atoms with van der Waals surface area (Å²) in [5.74, 6) is 0.445. The largest absolute Gasteiger partial charge is 0.455 e. The highest BCUT2D eigenvalue weighted by Gasteiger charge is 2.41. The van der Waals surface area contributed by atoms with Gasteiger partial charge < -0.3 is 18.8 Å². The lowest BCUT2D eigenvalue weighted by Crippen LogP contribution is -2.47. The number of hydrogen-bond donors (Lipinski definition) is 0. The van der Waals surface area contributed by atoms with Gasteiger partial charge in [-0.15, -0.1) is 0 Å². The lowest BCUT2D eigenvalue weighted by atomic mass is 10.0. The molecule has 0 saturated carbocycles. The van der Waals surface area contributed by atoms with Gasteiger partial charge in [-0.25, -0.2) is 0 Å². The first-order valence-corrected chi connectivity index (χ1v) is 10.5. The zero-order valence-corrected chi connectivity index (χ0v) is 16.1. The van der Waals surface area contributed by atoms with Crippen molar-refractivity contribution in [2.24, 2.45) is 0 Å². The van der Waals surface area contributed by atoms with Crippen molar-refractivity contribution >= 4 is 16.7 Å². The standard InChI is InChI=1S/C20H23NO5S/c1-15-4-2-3-5-18(15)27(23)14-16-6-7-17(26-16)19(22)21-10-8-20(9-11-21)24-12-13-25-20/h2-7H,8-14H2,1H3. The number of likely N-dealkylation sites (tertiary alicyclic amines) is 1. The molecule has 0 radical (unpaired) electrons. The molecule has 0 N–H and O–H groups in total. The van der Waals surface area contributed by atoms with E-state index in [1.165, 1.54) is 0 Å². The van der Waals surface area contributed by atoms with Crippen LogP contribution in [0.5, 0.6) is 0 Å². The first-order valence-electron chi connectivity index (χ1n) is 9.16. The van der Waals surface area contributed by atoms with Gasteiger partial charge in [-0.3, -0.25) is 9.00 Å². The second kappa shape index (κ2) is 7.58. The molecule has 27 heavy (non-hydrogen) atoms. The van der Waals surface area contributed by atoms with Gasteiger partial charge >= 0.3 is 0 Å². The van der Waals surface area contributed by atoms with Crippen molar-refractivity contribution in [3.8, 4) is 0 Å². The minimum absolute atomic E-state index is 0.143. The topological polar surface area (TPSA) is 69.0 Å². The van der Waals surface area contributed by atoms with E-state index >= 15 is 0 Å². The van der Waals surface area contributed by atoms with Gasteiger partial charge in [0.2, 0.25) is 0 Å². The van der Waals surface area contributed by atoms with E-state index in [1.807, 2.05) is 31.2 Å². The van der Waals surface area contributed by atoms with Gasteiger partial charge in [-0.1, -0.05) is 18.2 Å². The predicted octanol–water partition coefficient (Wildman–Crippen LogP) is 2.87. The van der Waals surface area contributed by atoms with Gasteiger partial charge in [0.15, 0.2) is 11.5 Å². The number of rotatable bonds is 4. The summed E-state index contributed by atoms with van der Waals surface area (Å²) in [5, 5.41) is 0. The molecule has 1 spiro atoms. The highest BCUT2D eigenvalue weighted by Crippen LogP contribution is 2.32. The molecule has 7 heteroatoms. The maximum atomic E-state index is 12.7. The van der Waals surface area contributed by atoms with Gasteiger partial charge in [0, 0.05) is 30.8 Å². The van der Waals surface area contributed by atoms with Crippen molar-refractivity contribution in [3.05, 3.63) is 53.5 Å². The zero-order valence-electron chi connectivity index (χ0n) is 15.3. The fraction of sp³-hybridized carbons (Fsp3) is 0.450. The Balaban J connectivity index is 1.38. The first-order chi connectivity index (χ1) is 13.1. The fourth-order valence-electron chi connectivity index (χ4n) is 3.58. The molecule has 3 heterocycles. The van der Waals surface area contributed by atoms with Crippen LogP contribution in [-0.2, 0) is 26.0 Å². The van der Waals surface area contributed by atoms with Crippen LogP contribution in [0.1, 0.15) is 34.7 Å². The maximum Gasteiger partial charge on any atom is 0.289 e. The van der Waals surface area contributed by atoms with Crippen molar-refractivity contribution < 1.29 is 22.9 Å². The molecule has 2 saturated heterocycles. The minimum Gasteiger partial charge on any atom is -0.455 e. The van der Waals surface area contributed by atoms with Crippen molar-refractivity contribution in [1.82, 2.24) is 4.90 Å². The lowest BCUT2D eigenvalue weighted by Gasteiger charge is -2.37. The summed E-state index contributed by atoms with van der Waals surface area (Å²) in [7, 11) is -1.21. The van der Waals surface area contributed by atoms with Gasteiger partial charge in [-0.2, -0.15) is 0 Å². The number of hydrogen-bond acceptors (Lipinski definition) is 5. The molecule has 1 aromatic carbocycles. The fourth-order valence-corrected chi connectivity index (χ4v) is 4.81. The van der Waals surface area contributed by atoms with Crippen LogP contribution in [0, 0.1) is 6.92 Å². The van der Waals surface area contributed by atoms with E-state index in [9.17, 15) is 9.00 Å². The second-order valence-corrected chi connectivity index (χ2v) is 8.34. The molecular weight excluding hydrogens is 366 g/mol. The molecule has 0 aliphatic carbocycles. The monoisotopic (exact) mass is 389 g/mol. The Morgan fingerprint density at radius 2 is 1.81 bits per heavy atom. The summed E-state index contributed by atoms with van der Waals surface area (Å²) in [4.78, 5) is 15.3. The van der Waals surface area contributed by atoms with Crippen molar-refractivity contribution in [1.29, 1.82) is 0 Å². The molecule has 6 nitrogen and oxygen atoms in total. The number of carbonyl (C=O) groups excluding carboxylic acids is 1. The third kappa shape index (κ3) is 3.85. The van der Waals surface area contributed by atoms with Crippen LogP contribution in [0.2, 0.25) is 0 Å². The van der Waals surface area contributed by atoms with Crippen LogP contribution in [0.3, 0.4) is 0 Å². The minimum atomic E-state index is -1.21. The average Bonchev–Trinajstić information content (AvgIpc) is 3.32. The summed E-state index contributed by atoms with van der Waals surface area (Å²) in [5.41, 5.74) is 0.984. The van der Waals surface area contributed by atoms with Gasteiger partial charge in [0.05, 0.1) is 29.8 Å². The molecule has 1 unspecified atom stereocenters. The highest BCUT2D eigenvalue weighted by atomic mass is 32.2. The first kappa shape index (κ1) is 18.4. The Bertz CT molecular complexity index is 846. The van der Waals surface area contributed by atoms with E-state index in [4.69, 9.17) is 13.9 Å². The molecule has 2 fully saturated rings. The Hall–Kier alpha value is -1.96. The maximum absolute atomic E-state index is 12.7. The number of ether oxygens (including phenoxy) is 2. The number of nitrogens with zero attached hydrogens (tertiary/aromatic N) is 1. The Kier molecular flexibility index (Phi) is 5.16. The molecule has 2 aliphatic rings. The third-order valence-electron chi connectivity index (χ3n) is 5.11. The lowest BCUT2D eigenvalue weighted by molar-refractivity contribution is -0.181. The molecule has 1 aromatic heterocycles. The van der Waals surface area contributed by atoms with Crippen LogP contribution < -0.4 is 0 Å². The van der Waals surface area contributed by atoms with E-state index in [1.54, 1.807) is 17.0 Å². The normalized spacial score (nSPS) is 20.1. The smallest absolute Gasteiger partial charge is 0.289 e. The van der Waals surface area contributed by atoms with E-state index in [0.717, 1.165) is 10.5 Å². The molecule has 1 amide bonds. The van der Waals surface area contributed by atoms with Crippen molar-refractivity contribution in [2.45, 2.75) is 36.2 Å². The van der Waals surface area contributed by atoms with Crippen LogP contribution in [0.4, 0.5) is 0 Å². The van der Waals surface area contributed by atoms with Crippen molar-refractivity contribution in [3.63, 3.8) is 0 Å². The van der Waals surface area contributed by atoms with Crippen LogP contribution in [0.25, 0.3) is 0 Å². The van der Waals surface area contributed by atoms with Crippen LogP contribution in [0.15, 0.2) is 45.7 Å². The van der Waals surface area contributed by atoms with Crippen molar-refractivity contribution in [2.75, 3.05) is 26.3 Å². The SMILES string of the molecule is Cc1ccccc1S(=O)Cc1ccc(C(=O)N2CCC3(CC2)OCCO3)o1. The number of benzene rings is 1. The number of piperidine rings is 1. The number of amides is 1. The van der Waals surface area contributed by atoms with E-state index in [0.29, 0.717) is 44.9 Å². The summed E-state index contributed by atoms with van der Waals surface area (Å²) < 4.78 is 29.7. The quantitative estimate of drug-likeness (QED) is 0.804. The average molecular weight is 389 g/mol. The van der Waals surface area contributed by atoms with E-state index in [-0.39, 0.29) is 17.4 Å². The molecular formula is C20H23NO5S. The Morgan fingerprint density at radius 3 is 2.52 bits per heavy atom. The van der Waals surface area contributed by atoms with Gasteiger partial charge in [0.1, 0.15) is 5.76 Å². The second-order valence-electron chi connectivity index (χ2n) is 6.92. The molecule has 4 rings (SSSR count). The predicted molar refractivity (Wildman–Crippen MR) is 99.8 cm³/mol. The zero-order chi connectivity index (χ0) is 18.9. The molecule has 144 valence electrons. The summed E-state index contributed by atoms with van der Waals surface area (Å²) in [6, 6.07) is 11.0. The molecule has 2 aliphatic heterocycles. The van der Waals surface area contributed by atoms with Crippen LogP contribution in [-0.4, -0.2) is 47.1 Å². The summed E-state index contributed by atoms with van der Waals surface area (Å²) in [6.07, 6.45) is 1.34. The van der Waals surface area contributed by atoms with E-state index < -0.39 is 16.6 Å². The Morgan fingerprint density at radius 1 is 1.11 bits per heavy atom.